The SMILES string of the molecule is O=C1CN(Cc2ccc(C(=O)O)cc2)CCN1. The number of nitrogens with one attached hydrogen (secondary N) is 1. The topological polar surface area (TPSA) is 69.6 Å². The number of nitrogens with zero attached hydrogens (tertiary/aromatic N) is 1. The standard InChI is InChI=1S/C12H14N2O3/c15-11-8-14(6-5-13-11)7-9-1-3-10(4-2-9)12(16)17/h1-4H,5-8H2,(H,13,15)(H,16,17). The van der Waals surface area contributed by atoms with Gasteiger partial charge in [0, 0.05) is 19.6 Å². The molecule has 90 valence electrons. The Labute approximate surface area is 99.0 Å². The molecule has 1 amide bonds. The van der Waals surface area contributed by atoms with Crippen LogP contribution in [0, 0.1) is 0 Å². The highest BCUT2D eigenvalue weighted by Gasteiger charge is 2.15. The van der Waals surface area contributed by atoms with Crippen molar-refractivity contribution >= 4 is 11.9 Å². The molecule has 1 saturated heterocycles. The van der Waals surface area contributed by atoms with Crippen LogP contribution in [-0.4, -0.2) is 41.5 Å². The first-order valence-electron chi connectivity index (χ1n) is 5.46. The molecule has 0 aliphatic carbocycles. The number of hydrogen-bond donors (Lipinski definition) is 2. The fourth-order valence-electron chi connectivity index (χ4n) is 1.84. The summed E-state index contributed by atoms with van der Waals surface area (Å²) < 4.78 is 0. The van der Waals surface area contributed by atoms with Crippen LogP contribution in [0.3, 0.4) is 0 Å². The summed E-state index contributed by atoms with van der Waals surface area (Å²) >= 11 is 0. The van der Waals surface area contributed by atoms with E-state index in [4.69, 9.17) is 5.11 Å². The maximum atomic E-state index is 11.2. The van der Waals surface area contributed by atoms with Crippen LogP contribution >= 0.6 is 0 Å². The zero-order valence-electron chi connectivity index (χ0n) is 9.35. The lowest BCUT2D eigenvalue weighted by Gasteiger charge is -2.26. The van der Waals surface area contributed by atoms with E-state index in [1.807, 2.05) is 4.90 Å². The van der Waals surface area contributed by atoms with Crippen LogP contribution < -0.4 is 5.32 Å². The van der Waals surface area contributed by atoms with E-state index in [-0.39, 0.29) is 11.5 Å². The minimum atomic E-state index is -0.922. The van der Waals surface area contributed by atoms with Crippen LogP contribution in [0.4, 0.5) is 0 Å². The minimum Gasteiger partial charge on any atom is -0.478 e. The van der Waals surface area contributed by atoms with Crippen molar-refractivity contribution in [2.24, 2.45) is 0 Å². The molecule has 0 aromatic heterocycles. The second kappa shape index (κ2) is 4.97. The Bertz CT molecular complexity index is 428. The number of carboxylic acid groups (broad SMARTS) is 1. The maximum Gasteiger partial charge on any atom is 0.335 e. The third kappa shape index (κ3) is 3.04. The van der Waals surface area contributed by atoms with E-state index < -0.39 is 5.97 Å². The van der Waals surface area contributed by atoms with E-state index in [0.717, 1.165) is 12.1 Å². The Morgan fingerprint density at radius 3 is 2.65 bits per heavy atom. The summed E-state index contributed by atoms with van der Waals surface area (Å²) in [5.74, 6) is -0.882. The molecule has 0 radical (unpaired) electrons. The van der Waals surface area contributed by atoms with Gasteiger partial charge in [-0.05, 0) is 17.7 Å². The van der Waals surface area contributed by atoms with Gasteiger partial charge in [-0.3, -0.25) is 9.69 Å². The molecule has 1 aliphatic heterocycles. The molecule has 0 saturated carbocycles. The van der Waals surface area contributed by atoms with Crippen LogP contribution in [-0.2, 0) is 11.3 Å². The Balaban J connectivity index is 1.98. The molecule has 17 heavy (non-hydrogen) atoms. The van der Waals surface area contributed by atoms with Gasteiger partial charge >= 0.3 is 5.97 Å². The predicted octanol–water partition coefficient (Wildman–Crippen LogP) is 0.317. The summed E-state index contributed by atoms with van der Waals surface area (Å²) in [6, 6.07) is 6.75. The normalized spacial score (nSPS) is 16.6. The fraction of sp³-hybridized carbons (Fsp3) is 0.333. The molecular formula is C12H14N2O3. The van der Waals surface area contributed by atoms with Gasteiger partial charge in [-0.25, -0.2) is 4.79 Å². The molecule has 0 atom stereocenters. The molecule has 2 N–H and O–H groups in total. The maximum absolute atomic E-state index is 11.2. The van der Waals surface area contributed by atoms with Crippen LogP contribution in [0.15, 0.2) is 24.3 Å². The Morgan fingerprint density at radius 1 is 1.35 bits per heavy atom. The summed E-state index contributed by atoms with van der Waals surface area (Å²) in [5, 5.41) is 11.5. The summed E-state index contributed by atoms with van der Waals surface area (Å²) in [7, 11) is 0. The highest BCUT2D eigenvalue weighted by molar-refractivity contribution is 5.87. The van der Waals surface area contributed by atoms with Crippen molar-refractivity contribution in [3.63, 3.8) is 0 Å². The first-order valence-corrected chi connectivity index (χ1v) is 5.46. The van der Waals surface area contributed by atoms with Gasteiger partial charge in [-0.1, -0.05) is 12.1 Å². The van der Waals surface area contributed by atoms with Crippen molar-refractivity contribution in [1.82, 2.24) is 10.2 Å². The smallest absolute Gasteiger partial charge is 0.335 e. The highest BCUT2D eigenvalue weighted by Crippen LogP contribution is 2.08. The predicted molar refractivity (Wildman–Crippen MR) is 61.7 cm³/mol. The number of carboxylic acids is 1. The van der Waals surface area contributed by atoms with Crippen LogP contribution in [0.25, 0.3) is 0 Å². The largest absolute Gasteiger partial charge is 0.478 e. The Hall–Kier alpha value is -1.88. The molecule has 2 rings (SSSR count). The van der Waals surface area contributed by atoms with Crippen LogP contribution in [0.1, 0.15) is 15.9 Å². The lowest BCUT2D eigenvalue weighted by molar-refractivity contribution is -0.124. The molecular weight excluding hydrogens is 220 g/mol. The van der Waals surface area contributed by atoms with Gasteiger partial charge in [-0.15, -0.1) is 0 Å². The number of benzene rings is 1. The molecule has 1 aromatic carbocycles. The van der Waals surface area contributed by atoms with Gasteiger partial charge in [0.25, 0.3) is 0 Å². The van der Waals surface area contributed by atoms with E-state index >= 15 is 0 Å². The molecule has 5 heteroatoms. The monoisotopic (exact) mass is 234 g/mol. The van der Waals surface area contributed by atoms with Crippen molar-refractivity contribution in [3.8, 4) is 0 Å². The minimum absolute atomic E-state index is 0.0402. The quantitative estimate of drug-likeness (QED) is 0.790. The van der Waals surface area contributed by atoms with Gasteiger partial charge < -0.3 is 10.4 Å². The van der Waals surface area contributed by atoms with Crippen molar-refractivity contribution in [2.75, 3.05) is 19.6 Å². The molecule has 0 unspecified atom stereocenters. The van der Waals surface area contributed by atoms with Gasteiger partial charge in [0.2, 0.25) is 5.91 Å². The Morgan fingerprint density at radius 2 is 2.06 bits per heavy atom. The lowest BCUT2D eigenvalue weighted by atomic mass is 10.1. The molecule has 1 aliphatic rings. The van der Waals surface area contributed by atoms with Crippen molar-refractivity contribution in [3.05, 3.63) is 35.4 Å². The number of carbonyl (C=O) groups is 2. The fourth-order valence-corrected chi connectivity index (χ4v) is 1.84. The zero-order valence-corrected chi connectivity index (χ0v) is 9.35. The average molecular weight is 234 g/mol. The summed E-state index contributed by atoms with van der Waals surface area (Å²) in [6.07, 6.45) is 0. The number of carbonyl (C=O) groups excluding carboxylic acids is 1. The third-order valence-corrected chi connectivity index (χ3v) is 2.72. The molecule has 1 aromatic rings. The van der Waals surface area contributed by atoms with E-state index in [1.165, 1.54) is 0 Å². The summed E-state index contributed by atoms with van der Waals surface area (Å²) in [5.41, 5.74) is 1.30. The molecule has 1 fully saturated rings. The average Bonchev–Trinajstić information content (AvgIpc) is 2.29. The number of amides is 1. The number of hydrogen-bond acceptors (Lipinski definition) is 3. The molecule has 5 nitrogen and oxygen atoms in total. The first-order chi connectivity index (χ1) is 8.15. The van der Waals surface area contributed by atoms with Gasteiger partial charge in [0.1, 0.15) is 0 Å². The number of piperazine rings is 1. The zero-order chi connectivity index (χ0) is 12.3. The molecule has 0 spiro atoms. The number of rotatable bonds is 3. The van der Waals surface area contributed by atoms with Crippen LogP contribution in [0.2, 0.25) is 0 Å². The van der Waals surface area contributed by atoms with E-state index in [0.29, 0.717) is 19.6 Å². The van der Waals surface area contributed by atoms with E-state index in [2.05, 4.69) is 5.32 Å². The van der Waals surface area contributed by atoms with Crippen molar-refractivity contribution in [2.45, 2.75) is 6.54 Å². The summed E-state index contributed by atoms with van der Waals surface area (Å²) in [6.45, 7) is 2.58. The first kappa shape index (κ1) is 11.6. The summed E-state index contributed by atoms with van der Waals surface area (Å²) in [4.78, 5) is 23.9. The van der Waals surface area contributed by atoms with Crippen molar-refractivity contribution in [1.29, 1.82) is 0 Å². The molecule has 0 bridgehead atoms. The third-order valence-electron chi connectivity index (χ3n) is 2.72. The van der Waals surface area contributed by atoms with Crippen molar-refractivity contribution < 1.29 is 14.7 Å². The Kier molecular flexibility index (Phi) is 3.39. The van der Waals surface area contributed by atoms with E-state index in [1.54, 1.807) is 24.3 Å². The van der Waals surface area contributed by atoms with Gasteiger partial charge in [-0.2, -0.15) is 0 Å². The lowest BCUT2D eigenvalue weighted by Crippen LogP contribution is -2.47. The number of aromatic carboxylic acids is 1. The second-order valence-corrected chi connectivity index (χ2v) is 4.06. The van der Waals surface area contributed by atoms with Gasteiger partial charge in [0.05, 0.1) is 12.1 Å². The van der Waals surface area contributed by atoms with E-state index in [9.17, 15) is 9.59 Å². The molecule has 1 heterocycles. The van der Waals surface area contributed by atoms with Gasteiger partial charge in [0.15, 0.2) is 0 Å². The van der Waals surface area contributed by atoms with Crippen LogP contribution in [0.5, 0.6) is 0 Å². The highest BCUT2D eigenvalue weighted by atomic mass is 16.4. The second-order valence-electron chi connectivity index (χ2n) is 4.06.